The van der Waals surface area contributed by atoms with E-state index in [-0.39, 0.29) is 0 Å². The summed E-state index contributed by atoms with van der Waals surface area (Å²) in [6.07, 6.45) is 7.70. The summed E-state index contributed by atoms with van der Waals surface area (Å²) in [6.45, 7) is 6.17. The minimum Gasteiger partial charge on any atom is -0.338 e. The standard InChI is InChI=1S/C19H21N5/c1-14-10-20-11-15-4-3-5-17(18(14)15)16-12-21-19(22-13-16)24-8-6-23(2)7-9-24/h3-5,10-13H,6-9H2,1-2H3. The van der Waals surface area contributed by atoms with E-state index in [9.17, 15) is 0 Å². The molecule has 122 valence electrons. The van der Waals surface area contributed by atoms with Crippen LogP contribution in [0.2, 0.25) is 0 Å². The highest BCUT2D eigenvalue weighted by atomic mass is 15.3. The van der Waals surface area contributed by atoms with E-state index in [4.69, 9.17) is 0 Å². The molecule has 0 bridgehead atoms. The smallest absolute Gasteiger partial charge is 0.225 e. The van der Waals surface area contributed by atoms with Gasteiger partial charge in [0.1, 0.15) is 0 Å². The quantitative estimate of drug-likeness (QED) is 0.727. The van der Waals surface area contributed by atoms with Crippen LogP contribution >= 0.6 is 0 Å². The lowest BCUT2D eigenvalue weighted by atomic mass is 9.99. The van der Waals surface area contributed by atoms with Crippen molar-refractivity contribution in [3.8, 4) is 11.1 Å². The minimum atomic E-state index is 0.825. The Bertz CT molecular complexity index is 846. The van der Waals surface area contributed by atoms with Crippen LogP contribution in [0, 0.1) is 6.92 Å². The van der Waals surface area contributed by atoms with Gasteiger partial charge in [-0.05, 0) is 30.5 Å². The number of hydrogen-bond acceptors (Lipinski definition) is 5. The summed E-state index contributed by atoms with van der Waals surface area (Å²) in [6, 6.07) is 6.29. The molecule has 0 N–H and O–H groups in total. The summed E-state index contributed by atoms with van der Waals surface area (Å²) in [4.78, 5) is 18.1. The molecule has 24 heavy (non-hydrogen) atoms. The van der Waals surface area contributed by atoms with Gasteiger partial charge < -0.3 is 9.80 Å². The number of benzene rings is 1. The van der Waals surface area contributed by atoms with Gasteiger partial charge in [-0.15, -0.1) is 0 Å². The van der Waals surface area contributed by atoms with Crippen molar-refractivity contribution in [3.05, 3.63) is 48.5 Å². The van der Waals surface area contributed by atoms with Gasteiger partial charge >= 0.3 is 0 Å². The van der Waals surface area contributed by atoms with Crippen LogP contribution < -0.4 is 4.90 Å². The summed E-state index contributed by atoms with van der Waals surface area (Å²) in [5, 5.41) is 2.37. The van der Waals surface area contributed by atoms with E-state index in [2.05, 4.69) is 56.9 Å². The Morgan fingerprint density at radius 1 is 0.917 bits per heavy atom. The Morgan fingerprint density at radius 2 is 1.67 bits per heavy atom. The van der Waals surface area contributed by atoms with Crippen molar-refractivity contribution >= 4 is 16.7 Å². The van der Waals surface area contributed by atoms with Gasteiger partial charge in [-0.1, -0.05) is 18.2 Å². The molecule has 2 aromatic heterocycles. The Balaban J connectivity index is 1.69. The number of aryl methyl sites for hydroxylation is 1. The van der Waals surface area contributed by atoms with E-state index in [0.29, 0.717) is 0 Å². The lowest BCUT2D eigenvalue weighted by Gasteiger charge is -2.32. The summed E-state index contributed by atoms with van der Waals surface area (Å²) in [7, 11) is 2.15. The lowest BCUT2D eigenvalue weighted by Crippen LogP contribution is -2.45. The van der Waals surface area contributed by atoms with E-state index >= 15 is 0 Å². The molecular weight excluding hydrogens is 298 g/mol. The Kier molecular flexibility index (Phi) is 3.86. The number of piperazine rings is 1. The molecule has 3 aromatic rings. The number of rotatable bonds is 2. The van der Waals surface area contributed by atoms with Crippen molar-refractivity contribution in [3.63, 3.8) is 0 Å². The number of fused-ring (bicyclic) bond motifs is 1. The van der Waals surface area contributed by atoms with E-state index in [1.54, 1.807) is 0 Å². The molecule has 3 heterocycles. The maximum Gasteiger partial charge on any atom is 0.225 e. The summed E-state index contributed by atoms with van der Waals surface area (Å²) in [5.41, 5.74) is 3.39. The fraction of sp³-hybridized carbons (Fsp3) is 0.316. The summed E-state index contributed by atoms with van der Waals surface area (Å²) >= 11 is 0. The monoisotopic (exact) mass is 319 g/mol. The highest BCUT2D eigenvalue weighted by molar-refractivity contribution is 5.98. The Morgan fingerprint density at radius 3 is 2.42 bits per heavy atom. The van der Waals surface area contributed by atoms with Crippen LogP contribution in [-0.4, -0.2) is 53.1 Å². The minimum absolute atomic E-state index is 0.825. The maximum atomic E-state index is 4.62. The first-order valence-corrected chi connectivity index (χ1v) is 8.31. The Labute approximate surface area is 142 Å². The zero-order valence-electron chi connectivity index (χ0n) is 14.1. The largest absolute Gasteiger partial charge is 0.338 e. The number of likely N-dealkylation sites (N-methyl/N-ethyl adjacent to an activating group) is 1. The molecule has 1 fully saturated rings. The number of nitrogens with zero attached hydrogens (tertiary/aromatic N) is 5. The van der Waals surface area contributed by atoms with Gasteiger partial charge in [-0.3, -0.25) is 4.98 Å². The number of aromatic nitrogens is 3. The summed E-state index contributed by atoms with van der Waals surface area (Å²) < 4.78 is 0. The van der Waals surface area contributed by atoms with Gasteiger partial charge in [-0.25, -0.2) is 9.97 Å². The van der Waals surface area contributed by atoms with Gasteiger partial charge in [0.15, 0.2) is 0 Å². The van der Waals surface area contributed by atoms with Crippen LogP contribution in [0.3, 0.4) is 0 Å². The van der Waals surface area contributed by atoms with Crippen LogP contribution in [-0.2, 0) is 0 Å². The van der Waals surface area contributed by atoms with Crippen LogP contribution in [0.15, 0.2) is 43.0 Å². The molecule has 0 atom stereocenters. The second-order valence-corrected chi connectivity index (χ2v) is 6.42. The maximum absolute atomic E-state index is 4.62. The third-order valence-electron chi connectivity index (χ3n) is 4.71. The predicted molar refractivity (Wildman–Crippen MR) is 97.2 cm³/mol. The summed E-state index contributed by atoms with van der Waals surface area (Å²) in [5.74, 6) is 0.825. The second-order valence-electron chi connectivity index (χ2n) is 6.42. The van der Waals surface area contributed by atoms with Crippen molar-refractivity contribution < 1.29 is 0 Å². The molecule has 0 unspecified atom stereocenters. The first-order valence-electron chi connectivity index (χ1n) is 8.31. The van der Waals surface area contributed by atoms with E-state index < -0.39 is 0 Å². The van der Waals surface area contributed by atoms with Gasteiger partial charge in [0.05, 0.1) is 0 Å². The molecule has 0 radical (unpaired) electrons. The average Bonchev–Trinajstić information content (AvgIpc) is 2.62. The van der Waals surface area contributed by atoms with Crippen molar-refractivity contribution in [1.29, 1.82) is 0 Å². The lowest BCUT2D eigenvalue weighted by molar-refractivity contribution is 0.311. The SMILES string of the molecule is Cc1cncc2cccc(-c3cnc(N4CCN(C)CC4)nc3)c12. The van der Waals surface area contributed by atoms with Crippen LogP contribution in [0.25, 0.3) is 21.9 Å². The van der Waals surface area contributed by atoms with Crippen molar-refractivity contribution in [2.75, 3.05) is 38.1 Å². The van der Waals surface area contributed by atoms with E-state index in [1.165, 1.54) is 10.9 Å². The molecular formula is C19H21N5. The van der Waals surface area contributed by atoms with Crippen LogP contribution in [0.4, 0.5) is 5.95 Å². The van der Waals surface area contributed by atoms with Gasteiger partial charge in [0.2, 0.25) is 5.95 Å². The van der Waals surface area contributed by atoms with E-state index in [1.807, 2.05) is 24.8 Å². The predicted octanol–water partition coefficient (Wildman–Crippen LogP) is 2.75. The Hall–Kier alpha value is -2.53. The molecule has 5 heteroatoms. The third kappa shape index (κ3) is 2.71. The second kappa shape index (κ2) is 6.17. The highest BCUT2D eigenvalue weighted by Crippen LogP contribution is 2.30. The van der Waals surface area contributed by atoms with Gasteiger partial charge in [0, 0.05) is 61.9 Å². The van der Waals surface area contributed by atoms with Gasteiger partial charge in [-0.2, -0.15) is 0 Å². The van der Waals surface area contributed by atoms with Crippen LogP contribution in [0.1, 0.15) is 5.56 Å². The fourth-order valence-corrected chi connectivity index (χ4v) is 3.28. The molecule has 0 amide bonds. The molecule has 4 rings (SSSR count). The van der Waals surface area contributed by atoms with E-state index in [0.717, 1.165) is 48.6 Å². The average molecular weight is 319 g/mol. The topological polar surface area (TPSA) is 45.2 Å². The third-order valence-corrected chi connectivity index (χ3v) is 4.71. The fourth-order valence-electron chi connectivity index (χ4n) is 3.28. The molecule has 0 saturated carbocycles. The number of anilines is 1. The molecule has 0 spiro atoms. The molecule has 0 aliphatic carbocycles. The highest BCUT2D eigenvalue weighted by Gasteiger charge is 2.16. The number of hydrogen-bond donors (Lipinski definition) is 0. The van der Waals surface area contributed by atoms with Gasteiger partial charge in [0.25, 0.3) is 0 Å². The first-order chi connectivity index (χ1) is 11.7. The first kappa shape index (κ1) is 15.0. The molecule has 1 aliphatic rings. The molecule has 1 aliphatic heterocycles. The molecule has 5 nitrogen and oxygen atoms in total. The van der Waals surface area contributed by atoms with Crippen molar-refractivity contribution in [1.82, 2.24) is 19.9 Å². The molecule has 1 saturated heterocycles. The number of pyridine rings is 1. The zero-order chi connectivity index (χ0) is 16.5. The van der Waals surface area contributed by atoms with Crippen LogP contribution in [0.5, 0.6) is 0 Å². The van der Waals surface area contributed by atoms with Crippen molar-refractivity contribution in [2.45, 2.75) is 6.92 Å². The normalized spacial score (nSPS) is 15.8. The van der Waals surface area contributed by atoms with Crippen molar-refractivity contribution in [2.24, 2.45) is 0 Å². The zero-order valence-corrected chi connectivity index (χ0v) is 14.1. The molecule has 1 aromatic carbocycles.